The summed E-state index contributed by atoms with van der Waals surface area (Å²) in [7, 11) is 0. The standard InChI is InChI=1S/C6H14.CHCl3.CH2Cl2/c1-3-5-6-4-2;2-1(3)4;2-1-3/h3-6H2,1-2H3;1H;1H2. The van der Waals surface area contributed by atoms with Gasteiger partial charge in [-0.05, 0) is 0 Å². The third kappa shape index (κ3) is 89.0. The van der Waals surface area contributed by atoms with Crippen LogP contribution in [0.5, 0.6) is 0 Å². The highest BCUT2D eigenvalue weighted by atomic mass is 35.6. The molecule has 0 saturated heterocycles. The highest BCUT2D eigenvalue weighted by Crippen LogP contribution is 2.03. The molecule has 0 bridgehead atoms. The van der Waals surface area contributed by atoms with E-state index >= 15 is 0 Å². The fraction of sp³-hybridized carbons (Fsp3) is 1.00. The summed E-state index contributed by atoms with van der Waals surface area (Å²) in [6.45, 7) is 4.46. The first-order valence-corrected chi connectivity index (χ1v) is 6.48. The SMILES string of the molecule is CCCCCC.ClC(Cl)Cl.ClCCl. The Hall–Kier alpha value is 1.45. The van der Waals surface area contributed by atoms with Crippen molar-refractivity contribution in [1.82, 2.24) is 0 Å². The normalized spacial score (nSPS) is 8.31. The van der Waals surface area contributed by atoms with Crippen molar-refractivity contribution in [1.29, 1.82) is 0 Å². The van der Waals surface area contributed by atoms with Gasteiger partial charge in [0.2, 0.25) is 0 Å². The van der Waals surface area contributed by atoms with Crippen molar-refractivity contribution in [2.75, 3.05) is 5.34 Å². The quantitative estimate of drug-likeness (QED) is 0.442. The fourth-order valence-corrected chi connectivity index (χ4v) is 0.500. The summed E-state index contributed by atoms with van der Waals surface area (Å²) < 4.78 is -0.750. The van der Waals surface area contributed by atoms with Gasteiger partial charge >= 0.3 is 0 Å². The molecule has 0 amide bonds. The Morgan fingerprint density at radius 2 is 1.00 bits per heavy atom. The van der Waals surface area contributed by atoms with Gasteiger partial charge in [-0.25, -0.2) is 0 Å². The van der Waals surface area contributed by atoms with Crippen LogP contribution in [0.4, 0.5) is 0 Å². The Bertz CT molecular complexity index is 51.7. The van der Waals surface area contributed by atoms with Gasteiger partial charge in [-0.2, -0.15) is 0 Å². The van der Waals surface area contributed by atoms with Gasteiger partial charge in [-0.15, -0.1) is 23.2 Å². The van der Waals surface area contributed by atoms with Crippen molar-refractivity contribution in [3.05, 3.63) is 0 Å². The molecule has 0 aliphatic heterocycles. The number of rotatable bonds is 3. The largest absolute Gasteiger partial charge is 0.180 e. The first-order chi connectivity index (χ1) is 6.06. The smallest absolute Gasteiger partial charge is 0.109 e. The van der Waals surface area contributed by atoms with Crippen molar-refractivity contribution >= 4 is 58.0 Å². The first-order valence-electron chi connectivity index (χ1n) is 4.10. The number of alkyl halides is 5. The molecular formula is C8H17Cl5. The molecule has 84 valence electrons. The lowest BCUT2D eigenvalue weighted by atomic mass is 10.2. The number of hydrogen-bond acceptors (Lipinski definition) is 0. The Labute approximate surface area is 107 Å². The Morgan fingerprint density at radius 1 is 0.846 bits per heavy atom. The molecule has 0 aliphatic rings. The predicted octanol–water partition coefficient (Wildman–Crippen LogP) is 5.99. The molecule has 0 unspecified atom stereocenters. The van der Waals surface area contributed by atoms with Crippen molar-refractivity contribution in [3.8, 4) is 0 Å². The topological polar surface area (TPSA) is 0 Å². The monoisotopic (exact) mass is 288 g/mol. The molecule has 13 heavy (non-hydrogen) atoms. The van der Waals surface area contributed by atoms with E-state index in [0.29, 0.717) is 0 Å². The third-order valence-corrected chi connectivity index (χ3v) is 0.957. The van der Waals surface area contributed by atoms with E-state index in [9.17, 15) is 0 Å². The van der Waals surface area contributed by atoms with Gasteiger partial charge in [0.15, 0.2) is 4.30 Å². The van der Waals surface area contributed by atoms with Crippen LogP contribution >= 0.6 is 58.0 Å². The van der Waals surface area contributed by atoms with Crippen LogP contribution in [0.15, 0.2) is 0 Å². The van der Waals surface area contributed by atoms with Crippen molar-refractivity contribution in [3.63, 3.8) is 0 Å². The molecule has 0 fully saturated rings. The van der Waals surface area contributed by atoms with Crippen molar-refractivity contribution in [2.24, 2.45) is 0 Å². The molecule has 0 aromatic heterocycles. The minimum atomic E-state index is -0.750. The van der Waals surface area contributed by atoms with E-state index in [1.807, 2.05) is 0 Å². The average molecular weight is 290 g/mol. The van der Waals surface area contributed by atoms with Gasteiger partial charge < -0.3 is 0 Å². The van der Waals surface area contributed by atoms with Gasteiger partial charge in [-0.1, -0.05) is 74.3 Å². The number of hydrogen-bond donors (Lipinski definition) is 0. The van der Waals surface area contributed by atoms with Gasteiger partial charge in [-0.3, -0.25) is 0 Å². The first kappa shape index (κ1) is 19.9. The van der Waals surface area contributed by atoms with Crippen LogP contribution in [0, 0.1) is 0 Å². The predicted molar refractivity (Wildman–Crippen MR) is 67.7 cm³/mol. The van der Waals surface area contributed by atoms with E-state index in [2.05, 4.69) is 13.8 Å². The summed E-state index contributed by atoms with van der Waals surface area (Å²) in [5.74, 6) is 0. The molecular weight excluding hydrogens is 273 g/mol. The molecule has 0 aromatic rings. The highest BCUT2D eigenvalue weighted by Gasteiger charge is 1.79. The fourth-order valence-electron chi connectivity index (χ4n) is 0.500. The summed E-state index contributed by atoms with van der Waals surface area (Å²) in [5.41, 5.74) is 0. The van der Waals surface area contributed by atoms with Crippen LogP contribution in [0.2, 0.25) is 0 Å². The lowest BCUT2D eigenvalue weighted by molar-refractivity contribution is 0.702. The van der Waals surface area contributed by atoms with E-state index < -0.39 is 4.30 Å². The van der Waals surface area contributed by atoms with Gasteiger partial charge in [0.25, 0.3) is 0 Å². The zero-order chi connectivity index (χ0) is 11.1. The summed E-state index contributed by atoms with van der Waals surface area (Å²) in [6, 6.07) is 0. The van der Waals surface area contributed by atoms with Gasteiger partial charge in [0, 0.05) is 0 Å². The maximum Gasteiger partial charge on any atom is 0.180 e. The van der Waals surface area contributed by atoms with E-state index in [1.54, 1.807) is 0 Å². The third-order valence-electron chi connectivity index (χ3n) is 0.957. The summed E-state index contributed by atoms with van der Waals surface area (Å²) in [6.07, 6.45) is 5.54. The molecule has 5 heteroatoms. The highest BCUT2D eigenvalue weighted by molar-refractivity contribution is 6.63. The van der Waals surface area contributed by atoms with Crippen molar-refractivity contribution in [2.45, 2.75) is 43.8 Å². The molecule has 0 aliphatic carbocycles. The van der Waals surface area contributed by atoms with E-state index in [-0.39, 0.29) is 5.34 Å². The van der Waals surface area contributed by atoms with Crippen LogP contribution in [0.1, 0.15) is 39.5 Å². The van der Waals surface area contributed by atoms with E-state index in [4.69, 9.17) is 58.0 Å². The van der Waals surface area contributed by atoms with Gasteiger partial charge in [0.1, 0.15) is 0 Å². The number of halogens is 5. The Kier molecular flexibility index (Phi) is 35.8. The summed E-state index contributed by atoms with van der Waals surface area (Å²) in [5, 5.41) is 0.194. The maximum atomic E-state index is 4.81. The van der Waals surface area contributed by atoms with Crippen molar-refractivity contribution < 1.29 is 0 Å². The molecule has 0 N–H and O–H groups in total. The maximum absolute atomic E-state index is 4.81. The molecule has 0 spiro atoms. The van der Waals surface area contributed by atoms with E-state index in [1.165, 1.54) is 25.7 Å². The lowest BCUT2D eigenvalue weighted by Crippen LogP contribution is -1.66. The molecule has 0 heterocycles. The number of unbranched alkanes of at least 4 members (excludes halogenated alkanes) is 3. The lowest BCUT2D eigenvalue weighted by Gasteiger charge is -1.86. The van der Waals surface area contributed by atoms with Crippen LogP contribution in [0.25, 0.3) is 0 Å². The molecule has 0 rings (SSSR count). The van der Waals surface area contributed by atoms with Crippen LogP contribution in [-0.2, 0) is 0 Å². The zero-order valence-electron chi connectivity index (χ0n) is 8.00. The summed E-state index contributed by atoms with van der Waals surface area (Å²) in [4.78, 5) is 0. The molecule has 0 saturated carbocycles. The zero-order valence-corrected chi connectivity index (χ0v) is 11.8. The second kappa shape index (κ2) is 23.3. The Morgan fingerprint density at radius 3 is 1.08 bits per heavy atom. The van der Waals surface area contributed by atoms with Crippen LogP contribution in [-0.4, -0.2) is 9.63 Å². The van der Waals surface area contributed by atoms with Gasteiger partial charge in [0.05, 0.1) is 5.34 Å². The van der Waals surface area contributed by atoms with Crippen LogP contribution < -0.4 is 0 Å². The molecule has 0 atom stereocenters. The van der Waals surface area contributed by atoms with Crippen LogP contribution in [0.3, 0.4) is 0 Å². The summed E-state index contributed by atoms with van der Waals surface area (Å²) >= 11 is 23.9. The Balaban J connectivity index is -0.000000125. The average Bonchev–Trinajstić information content (AvgIpc) is 2.01. The minimum Gasteiger partial charge on any atom is -0.109 e. The second-order valence-corrected chi connectivity index (χ2v) is 4.84. The molecule has 0 radical (unpaired) electrons. The minimum absolute atomic E-state index is 0.194. The second-order valence-electron chi connectivity index (χ2n) is 2.06. The molecule has 0 aromatic carbocycles. The van der Waals surface area contributed by atoms with E-state index in [0.717, 1.165) is 0 Å². The molecule has 0 nitrogen and oxygen atoms in total.